The molecule has 1 unspecified atom stereocenters. The predicted octanol–water partition coefficient (Wildman–Crippen LogP) is 0.314. The van der Waals surface area contributed by atoms with Crippen LogP contribution < -0.4 is 5.32 Å². The highest BCUT2D eigenvalue weighted by Gasteiger charge is 2.30. The maximum atomic E-state index is 12.1. The summed E-state index contributed by atoms with van der Waals surface area (Å²) in [6, 6.07) is 4.79. The molecule has 0 aliphatic carbocycles. The Morgan fingerprint density at radius 3 is 2.50 bits per heavy atom. The third kappa shape index (κ3) is 2.50. The number of hydrogen-bond acceptors (Lipinski definition) is 6. The van der Waals surface area contributed by atoms with Crippen LogP contribution in [0.3, 0.4) is 0 Å². The second-order valence-corrected chi connectivity index (χ2v) is 5.89. The first-order valence-corrected chi connectivity index (χ1v) is 6.87. The molecule has 1 aromatic rings. The fourth-order valence-corrected chi connectivity index (χ4v) is 3.08. The van der Waals surface area contributed by atoms with Crippen LogP contribution in [0.4, 0.5) is 5.69 Å². The van der Waals surface area contributed by atoms with Crippen LogP contribution in [0, 0.1) is 10.1 Å². The fourth-order valence-electron chi connectivity index (χ4n) is 1.65. The van der Waals surface area contributed by atoms with E-state index >= 15 is 0 Å². The van der Waals surface area contributed by atoms with E-state index in [0.29, 0.717) is 13.2 Å². The first kappa shape index (κ1) is 12.9. The lowest BCUT2D eigenvalue weighted by molar-refractivity contribution is -0.384. The molecule has 18 heavy (non-hydrogen) atoms. The monoisotopic (exact) mass is 272 g/mol. The van der Waals surface area contributed by atoms with Crippen molar-refractivity contribution < 1.29 is 18.1 Å². The van der Waals surface area contributed by atoms with Crippen molar-refractivity contribution in [1.29, 1.82) is 0 Å². The Kier molecular flexibility index (Phi) is 3.60. The van der Waals surface area contributed by atoms with Crippen LogP contribution in [0.5, 0.6) is 0 Å². The number of sulfone groups is 1. The van der Waals surface area contributed by atoms with Crippen molar-refractivity contribution >= 4 is 15.5 Å². The van der Waals surface area contributed by atoms with E-state index in [4.69, 9.17) is 4.74 Å². The highest BCUT2D eigenvalue weighted by atomic mass is 32.2. The molecule has 0 radical (unpaired) electrons. The summed E-state index contributed by atoms with van der Waals surface area (Å²) in [5, 5.41) is 13.4. The Morgan fingerprint density at radius 1 is 1.33 bits per heavy atom. The number of non-ortho nitro benzene ring substituents is 1. The number of ether oxygens (including phenoxy) is 1. The maximum Gasteiger partial charge on any atom is 0.269 e. The van der Waals surface area contributed by atoms with Crippen LogP contribution in [-0.4, -0.2) is 38.5 Å². The zero-order chi connectivity index (χ0) is 13.2. The number of rotatable bonds is 3. The van der Waals surface area contributed by atoms with Crippen LogP contribution in [0.15, 0.2) is 29.2 Å². The van der Waals surface area contributed by atoms with E-state index in [1.165, 1.54) is 24.3 Å². The van der Waals surface area contributed by atoms with Gasteiger partial charge in [-0.1, -0.05) is 0 Å². The zero-order valence-corrected chi connectivity index (χ0v) is 10.2. The molecule has 0 amide bonds. The molecule has 2 rings (SSSR count). The molecule has 1 aliphatic rings. The second-order valence-electron chi connectivity index (χ2n) is 3.80. The van der Waals surface area contributed by atoms with Gasteiger partial charge in [0.2, 0.25) is 9.84 Å². The van der Waals surface area contributed by atoms with E-state index in [2.05, 4.69) is 5.32 Å². The van der Waals surface area contributed by atoms with Crippen molar-refractivity contribution in [2.24, 2.45) is 0 Å². The predicted molar refractivity (Wildman–Crippen MR) is 62.9 cm³/mol. The van der Waals surface area contributed by atoms with Crippen LogP contribution >= 0.6 is 0 Å². The highest BCUT2D eigenvalue weighted by Crippen LogP contribution is 2.21. The fraction of sp³-hybridized carbons (Fsp3) is 0.400. The smallest absolute Gasteiger partial charge is 0.269 e. The van der Waals surface area contributed by atoms with Gasteiger partial charge in [0.05, 0.1) is 16.4 Å². The third-order valence-electron chi connectivity index (χ3n) is 2.62. The Bertz CT molecular complexity index is 534. The molecule has 1 N–H and O–H groups in total. The van der Waals surface area contributed by atoms with E-state index in [9.17, 15) is 18.5 Å². The first-order chi connectivity index (χ1) is 8.51. The van der Waals surface area contributed by atoms with Gasteiger partial charge in [0, 0.05) is 25.2 Å². The van der Waals surface area contributed by atoms with Crippen molar-refractivity contribution in [1.82, 2.24) is 5.32 Å². The number of nitrogens with one attached hydrogen (secondary N) is 1. The minimum Gasteiger partial charge on any atom is -0.359 e. The van der Waals surface area contributed by atoms with Gasteiger partial charge in [0.25, 0.3) is 5.69 Å². The van der Waals surface area contributed by atoms with Crippen LogP contribution in [-0.2, 0) is 14.6 Å². The second kappa shape index (κ2) is 5.01. The molecule has 1 aliphatic heterocycles. The van der Waals surface area contributed by atoms with E-state index < -0.39 is 20.2 Å². The lowest BCUT2D eigenvalue weighted by Gasteiger charge is -2.23. The van der Waals surface area contributed by atoms with Crippen molar-refractivity contribution in [3.63, 3.8) is 0 Å². The molecule has 1 atom stereocenters. The molecule has 1 saturated heterocycles. The maximum absolute atomic E-state index is 12.1. The van der Waals surface area contributed by atoms with Gasteiger partial charge in [-0.15, -0.1) is 0 Å². The van der Waals surface area contributed by atoms with Gasteiger partial charge >= 0.3 is 0 Å². The highest BCUT2D eigenvalue weighted by molar-refractivity contribution is 7.92. The first-order valence-electron chi connectivity index (χ1n) is 5.32. The normalized spacial score (nSPS) is 20.6. The summed E-state index contributed by atoms with van der Waals surface area (Å²) < 4.78 is 29.5. The number of hydrogen-bond donors (Lipinski definition) is 1. The number of benzene rings is 1. The standard InChI is InChI=1S/C10H12N2O5S/c13-12(14)8-1-3-9(4-2-8)18(15,16)10-7-11-5-6-17-10/h1-4,10-11H,5-7H2. The summed E-state index contributed by atoms with van der Waals surface area (Å²) in [6.07, 6.45) is 0. The molecule has 0 aromatic heterocycles. The molecule has 1 fully saturated rings. The van der Waals surface area contributed by atoms with Crippen LogP contribution in [0.25, 0.3) is 0 Å². The number of nitro groups is 1. The molecular weight excluding hydrogens is 260 g/mol. The lowest BCUT2D eigenvalue weighted by Crippen LogP contribution is -2.42. The van der Waals surface area contributed by atoms with Crippen molar-refractivity contribution in [3.05, 3.63) is 34.4 Å². The third-order valence-corrected chi connectivity index (χ3v) is 4.54. The molecule has 0 bridgehead atoms. The van der Waals surface area contributed by atoms with Gasteiger partial charge in [0.1, 0.15) is 0 Å². The van der Waals surface area contributed by atoms with E-state index in [0.717, 1.165) is 0 Å². The Labute approximate surface area is 104 Å². The Morgan fingerprint density at radius 2 is 2.00 bits per heavy atom. The molecule has 7 nitrogen and oxygen atoms in total. The number of nitro benzene ring substituents is 1. The zero-order valence-electron chi connectivity index (χ0n) is 9.40. The summed E-state index contributed by atoms with van der Waals surface area (Å²) in [4.78, 5) is 9.94. The lowest BCUT2D eigenvalue weighted by atomic mass is 10.3. The van der Waals surface area contributed by atoms with Crippen LogP contribution in [0.1, 0.15) is 0 Å². The van der Waals surface area contributed by atoms with Gasteiger partial charge < -0.3 is 10.1 Å². The quantitative estimate of drug-likeness (QED) is 0.628. The summed E-state index contributed by atoms with van der Waals surface area (Å²) in [6.45, 7) is 1.17. The van der Waals surface area contributed by atoms with Gasteiger partial charge in [-0.05, 0) is 12.1 Å². The molecule has 98 valence electrons. The molecule has 1 aromatic carbocycles. The molecule has 0 spiro atoms. The minimum atomic E-state index is -3.61. The van der Waals surface area contributed by atoms with Crippen molar-refractivity contribution in [3.8, 4) is 0 Å². The topological polar surface area (TPSA) is 98.5 Å². The number of morpholine rings is 1. The molecule has 1 heterocycles. The molecular formula is C10H12N2O5S. The van der Waals surface area contributed by atoms with Gasteiger partial charge in [-0.25, -0.2) is 8.42 Å². The average Bonchev–Trinajstić information content (AvgIpc) is 2.40. The van der Waals surface area contributed by atoms with Crippen molar-refractivity contribution in [2.45, 2.75) is 10.3 Å². The summed E-state index contributed by atoms with van der Waals surface area (Å²) in [5.74, 6) is 0. The Balaban J connectivity index is 2.26. The summed E-state index contributed by atoms with van der Waals surface area (Å²) >= 11 is 0. The summed E-state index contributed by atoms with van der Waals surface area (Å²) in [5.41, 5.74) is -1.08. The van der Waals surface area contributed by atoms with Gasteiger partial charge in [-0.2, -0.15) is 0 Å². The largest absolute Gasteiger partial charge is 0.359 e. The number of nitrogens with zero attached hydrogens (tertiary/aromatic N) is 1. The van der Waals surface area contributed by atoms with Gasteiger partial charge in [-0.3, -0.25) is 10.1 Å². The summed E-state index contributed by atoms with van der Waals surface area (Å²) in [7, 11) is -3.61. The average molecular weight is 272 g/mol. The minimum absolute atomic E-state index is 0.0294. The van der Waals surface area contributed by atoms with Crippen LogP contribution in [0.2, 0.25) is 0 Å². The van der Waals surface area contributed by atoms with E-state index in [1.54, 1.807) is 0 Å². The van der Waals surface area contributed by atoms with Gasteiger partial charge in [0.15, 0.2) is 5.44 Å². The van der Waals surface area contributed by atoms with E-state index in [-0.39, 0.29) is 17.1 Å². The Hall–Kier alpha value is -1.51. The van der Waals surface area contributed by atoms with Crippen molar-refractivity contribution in [2.75, 3.05) is 19.7 Å². The SMILES string of the molecule is O=[N+]([O-])c1ccc(S(=O)(=O)C2CNCCO2)cc1. The van der Waals surface area contributed by atoms with E-state index in [1.807, 2.05) is 0 Å². The molecule has 0 saturated carbocycles. The molecule has 8 heteroatoms.